The summed E-state index contributed by atoms with van der Waals surface area (Å²) in [6, 6.07) is 0. The van der Waals surface area contributed by atoms with Gasteiger partial charge in [-0.05, 0) is 38.2 Å². The molecule has 0 radical (unpaired) electrons. The third-order valence-corrected chi connectivity index (χ3v) is 5.86. The normalized spacial score (nSPS) is 18.8. The van der Waals surface area contributed by atoms with Crippen molar-refractivity contribution in [2.75, 3.05) is 6.61 Å². The van der Waals surface area contributed by atoms with Gasteiger partial charge in [0.2, 0.25) is 11.8 Å². The highest BCUT2D eigenvalue weighted by molar-refractivity contribution is 6.01. The van der Waals surface area contributed by atoms with E-state index in [-0.39, 0.29) is 30.8 Å². The Morgan fingerprint density at radius 2 is 2.17 bits per heavy atom. The van der Waals surface area contributed by atoms with Gasteiger partial charge in [-0.15, -0.1) is 0 Å². The Bertz CT molecular complexity index is 908. The van der Waals surface area contributed by atoms with Crippen molar-refractivity contribution in [3.05, 3.63) is 34.2 Å². The van der Waals surface area contributed by atoms with Crippen molar-refractivity contribution in [3.8, 4) is 0 Å². The van der Waals surface area contributed by atoms with Crippen LogP contribution in [-0.4, -0.2) is 39.1 Å². The number of ketones is 1. The molecule has 1 unspecified atom stereocenters. The second-order valence-electron chi connectivity index (χ2n) is 7.82. The van der Waals surface area contributed by atoms with Crippen molar-refractivity contribution in [3.63, 3.8) is 0 Å². The van der Waals surface area contributed by atoms with Gasteiger partial charge in [-0.25, -0.2) is 0 Å². The van der Waals surface area contributed by atoms with E-state index in [1.807, 2.05) is 13.8 Å². The highest BCUT2D eigenvalue weighted by atomic mass is 16.5. The number of carbonyl (C=O) groups excluding carboxylic acids is 2. The number of aryl methyl sites for hydroxylation is 1. The highest BCUT2D eigenvalue weighted by Crippen LogP contribution is 2.31. The van der Waals surface area contributed by atoms with Gasteiger partial charge in [0.05, 0.1) is 19.1 Å². The van der Waals surface area contributed by atoms with Gasteiger partial charge in [0, 0.05) is 42.9 Å². The molecule has 2 aliphatic rings. The molecule has 1 atom stereocenters. The number of hydrogen-bond donors (Lipinski definition) is 1. The molecule has 156 valence electrons. The molecule has 1 aliphatic carbocycles. The molecule has 1 amide bonds. The van der Waals surface area contributed by atoms with Gasteiger partial charge in [-0.2, -0.15) is 4.98 Å². The molecule has 8 heteroatoms. The van der Waals surface area contributed by atoms with Crippen LogP contribution in [0, 0.1) is 6.92 Å². The minimum Gasteiger partial charge on any atom is -0.376 e. The SMILES string of the molecule is CCc1nc(CNC(=O)Cc2c3c(n(CC4CCCO4)c2C)CCCC3=O)no1. The third kappa shape index (κ3) is 4.12. The fourth-order valence-corrected chi connectivity index (χ4v) is 4.35. The first kappa shape index (κ1) is 19.8. The zero-order valence-electron chi connectivity index (χ0n) is 17.1. The van der Waals surface area contributed by atoms with Crippen molar-refractivity contribution < 1.29 is 18.8 Å². The van der Waals surface area contributed by atoms with Crippen LogP contribution in [0.15, 0.2) is 4.52 Å². The Labute approximate surface area is 170 Å². The second-order valence-corrected chi connectivity index (χ2v) is 7.82. The molecule has 1 saturated heterocycles. The molecule has 1 aliphatic heterocycles. The Morgan fingerprint density at radius 1 is 1.31 bits per heavy atom. The van der Waals surface area contributed by atoms with Crippen molar-refractivity contribution in [1.29, 1.82) is 0 Å². The molecule has 4 rings (SSSR count). The second kappa shape index (κ2) is 8.49. The Balaban J connectivity index is 1.51. The van der Waals surface area contributed by atoms with E-state index in [0.29, 0.717) is 24.6 Å². The maximum Gasteiger partial charge on any atom is 0.226 e. The quantitative estimate of drug-likeness (QED) is 0.766. The molecule has 1 N–H and O–H groups in total. The van der Waals surface area contributed by atoms with E-state index in [4.69, 9.17) is 9.26 Å². The summed E-state index contributed by atoms with van der Waals surface area (Å²) in [6.07, 6.45) is 5.44. The number of amides is 1. The van der Waals surface area contributed by atoms with Crippen molar-refractivity contribution in [2.24, 2.45) is 0 Å². The molecule has 0 aromatic carbocycles. The molecule has 0 spiro atoms. The summed E-state index contributed by atoms with van der Waals surface area (Å²) < 4.78 is 13.1. The summed E-state index contributed by atoms with van der Waals surface area (Å²) >= 11 is 0. The Kier molecular flexibility index (Phi) is 5.80. The van der Waals surface area contributed by atoms with E-state index in [9.17, 15) is 9.59 Å². The van der Waals surface area contributed by atoms with E-state index in [0.717, 1.165) is 61.3 Å². The minimum absolute atomic E-state index is 0.147. The van der Waals surface area contributed by atoms with Crippen molar-refractivity contribution >= 4 is 11.7 Å². The zero-order chi connectivity index (χ0) is 20.4. The summed E-state index contributed by atoms with van der Waals surface area (Å²) in [6.45, 7) is 5.72. The topological polar surface area (TPSA) is 99.2 Å². The maximum absolute atomic E-state index is 12.7. The molecule has 1 fully saturated rings. The first-order chi connectivity index (χ1) is 14.1. The Morgan fingerprint density at radius 3 is 2.90 bits per heavy atom. The summed E-state index contributed by atoms with van der Waals surface area (Å²) in [5.41, 5.74) is 3.68. The summed E-state index contributed by atoms with van der Waals surface area (Å²) in [7, 11) is 0. The van der Waals surface area contributed by atoms with Gasteiger partial charge in [0.25, 0.3) is 0 Å². The van der Waals surface area contributed by atoms with Crippen LogP contribution in [0.1, 0.15) is 71.6 Å². The largest absolute Gasteiger partial charge is 0.376 e. The van der Waals surface area contributed by atoms with E-state index >= 15 is 0 Å². The van der Waals surface area contributed by atoms with Gasteiger partial charge in [0.15, 0.2) is 11.6 Å². The van der Waals surface area contributed by atoms with Gasteiger partial charge in [-0.3, -0.25) is 9.59 Å². The number of fused-ring (bicyclic) bond motifs is 1. The zero-order valence-corrected chi connectivity index (χ0v) is 17.1. The molecular weight excluding hydrogens is 372 g/mol. The molecule has 0 saturated carbocycles. The molecule has 2 aromatic heterocycles. The number of carbonyl (C=O) groups is 2. The summed E-state index contributed by atoms with van der Waals surface area (Å²) in [5.74, 6) is 1.01. The van der Waals surface area contributed by atoms with Crippen molar-refractivity contribution in [1.82, 2.24) is 20.0 Å². The number of nitrogens with one attached hydrogen (secondary N) is 1. The molecule has 29 heavy (non-hydrogen) atoms. The van der Waals surface area contributed by atoms with Crippen LogP contribution in [0.4, 0.5) is 0 Å². The van der Waals surface area contributed by atoms with Crippen LogP contribution < -0.4 is 5.32 Å². The fourth-order valence-electron chi connectivity index (χ4n) is 4.35. The van der Waals surface area contributed by atoms with Gasteiger partial charge < -0.3 is 19.1 Å². The number of rotatable bonds is 7. The Hall–Kier alpha value is -2.48. The van der Waals surface area contributed by atoms with Crippen LogP contribution >= 0.6 is 0 Å². The lowest BCUT2D eigenvalue weighted by molar-refractivity contribution is -0.120. The number of ether oxygens (including phenoxy) is 1. The number of Topliss-reactive ketones (excluding diaryl/α,β-unsaturated/α-hetero) is 1. The first-order valence-electron chi connectivity index (χ1n) is 10.5. The molecule has 0 bridgehead atoms. The van der Waals surface area contributed by atoms with E-state index < -0.39 is 0 Å². The van der Waals surface area contributed by atoms with E-state index in [2.05, 4.69) is 20.0 Å². The average Bonchev–Trinajstić information content (AvgIpc) is 3.44. The predicted octanol–water partition coefficient (Wildman–Crippen LogP) is 2.30. The maximum atomic E-state index is 12.7. The first-order valence-corrected chi connectivity index (χ1v) is 10.5. The monoisotopic (exact) mass is 400 g/mol. The predicted molar refractivity (Wildman–Crippen MR) is 105 cm³/mol. The lowest BCUT2D eigenvalue weighted by Crippen LogP contribution is -2.26. The van der Waals surface area contributed by atoms with Crippen molar-refractivity contribution in [2.45, 2.75) is 78.0 Å². The molecule has 2 aromatic rings. The van der Waals surface area contributed by atoms with Crippen LogP contribution in [0.2, 0.25) is 0 Å². The lowest BCUT2D eigenvalue weighted by atomic mass is 9.92. The van der Waals surface area contributed by atoms with Crippen LogP contribution in [0.25, 0.3) is 0 Å². The van der Waals surface area contributed by atoms with Gasteiger partial charge in [-0.1, -0.05) is 12.1 Å². The number of aromatic nitrogens is 3. The van der Waals surface area contributed by atoms with Crippen LogP contribution in [0.5, 0.6) is 0 Å². The van der Waals surface area contributed by atoms with Crippen LogP contribution in [-0.2, 0) is 41.9 Å². The van der Waals surface area contributed by atoms with Crippen LogP contribution in [0.3, 0.4) is 0 Å². The van der Waals surface area contributed by atoms with E-state index in [1.165, 1.54) is 0 Å². The number of nitrogens with zero attached hydrogens (tertiary/aromatic N) is 3. The lowest BCUT2D eigenvalue weighted by Gasteiger charge is -2.18. The fraction of sp³-hybridized carbons (Fsp3) is 0.619. The highest BCUT2D eigenvalue weighted by Gasteiger charge is 2.30. The minimum atomic E-state index is -0.147. The summed E-state index contributed by atoms with van der Waals surface area (Å²) in [5, 5.41) is 6.70. The average molecular weight is 400 g/mol. The third-order valence-electron chi connectivity index (χ3n) is 5.86. The van der Waals surface area contributed by atoms with E-state index in [1.54, 1.807) is 0 Å². The summed E-state index contributed by atoms with van der Waals surface area (Å²) in [4.78, 5) is 29.5. The smallest absolute Gasteiger partial charge is 0.226 e. The standard InChI is InChI=1S/C21H28N4O4/c1-3-20-23-18(24-29-20)11-22-19(27)10-15-13(2)25(12-14-6-5-9-28-14)16-7-4-8-17(26)21(15)16/h14H,3-12H2,1-2H3,(H,22,27). The molecular formula is C21H28N4O4. The van der Waals surface area contributed by atoms with Gasteiger partial charge >= 0.3 is 0 Å². The molecule has 8 nitrogen and oxygen atoms in total. The molecule has 3 heterocycles. The van der Waals surface area contributed by atoms with Gasteiger partial charge in [0.1, 0.15) is 0 Å². The number of hydrogen-bond acceptors (Lipinski definition) is 6.